The van der Waals surface area contributed by atoms with Gasteiger partial charge in [0.1, 0.15) is 17.9 Å². The first-order valence-corrected chi connectivity index (χ1v) is 10.7. The number of hydrogen-bond donors (Lipinski definition) is 1. The number of imide groups is 2. The number of barbiturate groups is 1. The van der Waals surface area contributed by atoms with Crippen molar-refractivity contribution < 1.29 is 19.1 Å². The molecule has 1 fully saturated rings. The lowest BCUT2D eigenvalue weighted by molar-refractivity contribution is -0.122. The number of benzene rings is 3. The van der Waals surface area contributed by atoms with Gasteiger partial charge in [-0.05, 0) is 48.9 Å². The molecule has 166 valence electrons. The molecule has 3 aromatic rings. The fourth-order valence-corrected chi connectivity index (χ4v) is 3.67. The Morgan fingerprint density at radius 2 is 1.70 bits per heavy atom. The van der Waals surface area contributed by atoms with E-state index in [-0.39, 0.29) is 22.9 Å². The van der Waals surface area contributed by atoms with Crippen LogP contribution in [0.15, 0.2) is 72.3 Å². The number of anilines is 1. The Kier molecular flexibility index (Phi) is 6.49. The van der Waals surface area contributed by atoms with Gasteiger partial charge in [0.15, 0.2) is 0 Å². The smallest absolute Gasteiger partial charge is 0.335 e. The zero-order valence-corrected chi connectivity index (χ0v) is 19.0. The van der Waals surface area contributed by atoms with E-state index in [0.29, 0.717) is 16.3 Å². The highest BCUT2D eigenvalue weighted by molar-refractivity contribution is 6.42. The Hall–Kier alpha value is -3.61. The van der Waals surface area contributed by atoms with Crippen LogP contribution in [0.4, 0.5) is 10.5 Å². The number of para-hydroxylation sites is 1. The van der Waals surface area contributed by atoms with E-state index in [1.165, 1.54) is 12.1 Å². The predicted octanol–water partition coefficient (Wildman–Crippen LogP) is 5.55. The van der Waals surface area contributed by atoms with E-state index < -0.39 is 17.8 Å². The van der Waals surface area contributed by atoms with Crippen molar-refractivity contribution in [2.24, 2.45) is 0 Å². The molecule has 6 nitrogen and oxygen atoms in total. The summed E-state index contributed by atoms with van der Waals surface area (Å²) in [6.45, 7) is 2.28. The van der Waals surface area contributed by atoms with E-state index in [0.717, 1.165) is 16.0 Å². The van der Waals surface area contributed by atoms with Gasteiger partial charge in [0.25, 0.3) is 11.8 Å². The second kappa shape index (κ2) is 9.48. The largest absolute Gasteiger partial charge is 0.488 e. The van der Waals surface area contributed by atoms with E-state index in [1.807, 2.05) is 31.2 Å². The molecular weight excluding hydrogens is 463 g/mol. The van der Waals surface area contributed by atoms with Gasteiger partial charge in [-0.1, -0.05) is 65.2 Å². The summed E-state index contributed by atoms with van der Waals surface area (Å²) in [5.41, 5.74) is 2.42. The van der Waals surface area contributed by atoms with Gasteiger partial charge in [0.2, 0.25) is 0 Å². The second-order valence-corrected chi connectivity index (χ2v) is 8.21. The van der Waals surface area contributed by atoms with Gasteiger partial charge < -0.3 is 4.74 Å². The summed E-state index contributed by atoms with van der Waals surface area (Å²) in [4.78, 5) is 38.9. The van der Waals surface area contributed by atoms with Crippen LogP contribution in [0.3, 0.4) is 0 Å². The van der Waals surface area contributed by atoms with Gasteiger partial charge in [-0.2, -0.15) is 0 Å². The monoisotopic (exact) mass is 480 g/mol. The van der Waals surface area contributed by atoms with Gasteiger partial charge in [0, 0.05) is 10.6 Å². The van der Waals surface area contributed by atoms with Gasteiger partial charge in [-0.25, -0.2) is 9.69 Å². The molecule has 0 bridgehead atoms. The van der Waals surface area contributed by atoms with Crippen molar-refractivity contribution in [1.82, 2.24) is 5.32 Å². The Bertz CT molecular complexity index is 1290. The van der Waals surface area contributed by atoms with E-state index >= 15 is 0 Å². The van der Waals surface area contributed by atoms with Gasteiger partial charge in [-0.15, -0.1) is 0 Å². The maximum Gasteiger partial charge on any atom is 0.335 e. The number of urea groups is 1. The second-order valence-electron chi connectivity index (χ2n) is 7.37. The molecular formula is C25H18Cl2N2O4. The predicted molar refractivity (Wildman–Crippen MR) is 127 cm³/mol. The summed E-state index contributed by atoms with van der Waals surface area (Å²) >= 11 is 12.3. The van der Waals surface area contributed by atoms with Crippen LogP contribution in [-0.4, -0.2) is 17.8 Å². The summed E-state index contributed by atoms with van der Waals surface area (Å²) in [5.74, 6) is -1.20. The fraction of sp³-hybridized carbons (Fsp3) is 0.0800. The van der Waals surface area contributed by atoms with Crippen LogP contribution < -0.4 is 15.0 Å². The van der Waals surface area contributed by atoms with Crippen LogP contribution in [-0.2, 0) is 16.2 Å². The van der Waals surface area contributed by atoms with E-state index in [4.69, 9.17) is 27.9 Å². The summed E-state index contributed by atoms with van der Waals surface area (Å²) in [7, 11) is 0. The molecule has 0 aliphatic carbocycles. The molecule has 1 aliphatic heterocycles. The highest BCUT2D eigenvalue weighted by Gasteiger charge is 2.37. The molecule has 1 saturated heterocycles. The first-order valence-electron chi connectivity index (χ1n) is 9.97. The van der Waals surface area contributed by atoms with Crippen molar-refractivity contribution >= 4 is 52.8 Å². The molecule has 4 amide bonds. The number of carbonyl (C=O) groups is 3. The number of amides is 4. The van der Waals surface area contributed by atoms with Crippen LogP contribution in [0.2, 0.25) is 10.0 Å². The van der Waals surface area contributed by atoms with Crippen molar-refractivity contribution in [3.63, 3.8) is 0 Å². The molecule has 0 atom stereocenters. The zero-order valence-electron chi connectivity index (χ0n) is 17.5. The topological polar surface area (TPSA) is 75.7 Å². The maximum absolute atomic E-state index is 13.2. The van der Waals surface area contributed by atoms with Crippen molar-refractivity contribution in [3.05, 3.63) is 99.0 Å². The Morgan fingerprint density at radius 1 is 0.970 bits per heavy atom. The SMILES string of the molecule is Cc1ccc(COc2ccc(Cl)cc2/C=C2\C(=O)NC(=O)N(c3ccccc3Cl)C2=O)cc1. The van der Waals surface area contributed by atoms with Crippen LogP contribution in [0.1, 0.15) is 16.7 Å². The average Bonchev–Trinajstić information content (AvgIpc) is 2.78. The van der Waals surface area contributed by atoms with Crippen LogP contribution >= 0.6 is 23.2 Å². The summed E-state index contributed by atoms with van der Waals surface area (Å²) in [5, 5.41) is 2.77. The maximum atomic E-state index is 13.2. The molecule has 33 heavy (non-hydrogen) atoms. The molecule has 4 rings (SSSR count). The number of nitrogens with zero attached hydrogens (tertiary/aromatic N) is 1. The number of ether oxygens (including phenoxy) is 1. The van der Waals surface area contributed by atoms with Gasteiger partial charge >= 0.3 is 6.03 Å². The minimum atomic E-state index is -0.878. The van der Waals surface area contributed by atoms with Crippen molar-refractivity contribution in [3.8, 4) is 5.75 Å². The Morgan fingerprint density at radius 3 is 2.42 bits per heavy atom. The zero-order chi connectivity index (χ0) is 23.5. The Balaban J connectivity index is 1.68. The average molecular weight is 481 g/mol. The van der Waals surface area contributed by atoms with Crippen molar-refractivity contribution in [1.29, 1.82) is 0 Å². The number of aryl methyl sites for hydroxylation is 1. The molecule has 0 aromatic heterocycles. The van der Waals surface area contributed by atoms with E-state index in [1.54, 1.807) is 36.4 Å². The summed E-state index contributed by atoms with van der Waals surface area (Å²) < 4.78 is 5.93. The third-order valence-electron chi connectivity index (χ3n) is 4.98. The number of carbonyl (C=O) groups excluding carboxylic acids is 3. The quantitative estimate of drug-likeness (QED) is 0.383. The summed E-state index contributed by atoms with van der Waals surface area (Å²) in [6.07, 6.45) is 1.35. The Labute approximate surface area is 200 Å². The van der Waals surface area contributed by atoms with Crippen LogP contribution in [0.5, 0.6) is 5.75 Å². The van der Waals surface area contributed by atoms with Crippen LogP contribution in [0, 0.1) is 6.92 Å². The molecule has 0 saturated carbocycles. The molecule has 0 unspecified atom stereocenters. The fourth-order valence-electron chi connectivity index (χ4n) is 3.27. The van der Waals surface area contributed by atoms with Gasteiger partial charge in [0.05, 0.1) is 10.7 Å². The highest BCUT2D eigenvalue weighted by atomic mass is 35.5. The van der Waals surface area contributed by atoms with Crippen molar-refractivity contribution in [2.45, 2.75) is 13.5 Å². The third-order valence-corrected chi connectivity index (χ3v) is 5.54. The number of hydrogen-bond acceptors (Lipinski definition) is 4. The normalized spacial score (nSPS) is 15.1. The number of rotatable bonds is 5. The lowest BCUT2D eigenvalue weighted by Gasteiger charge is -2.27. The molecule has 3 aromatic carbocycles. The summed E-state index contributed by atoms with van der Waals surface area (Å²) in [6, 6.07) is 18.2. The van der Waals surface area contributed by atoms with E-state index in [9.17, 15) is 14.4 Å². The number of halogens is 2. The standard InChI is InChI=1S/C25H18Cl2N2O4/c1-15-6-8-16(9-7-15)14-33-22-11-10-18(26)12-17(22)13-19-23(30)28-25(32)29(24(19)31)21-5-3-2-4-20(21)27/h2-13H,14H2,1H3,(H,28,30,32)/b19-13+. The first-order chi connectivity index (χ1) is 15.8. The highest BCUT2D eigenvalue weighted by Crippen LogP contribution is 2.31. The molecule has 0 radical (unpaired) electrons. The van der Waals surface area contributed by atoms with E-state index in [2.05, 4.69) is 5.32 Å². The molecule has 8 heteroatoms. The third kappa shape index (κ3) is 4.92. The lowest BCUT2D eigenvalue weighted by Crippen LogP contribution is -2.54. The van der Waals surface area contributed by atoms with Gasteiger partial charge in [-0.3, -0.25) is 14.9 Å². The van der Waals surface area contributed by atoms with Crippen molar-refractivity contribution in [2.75, 3.05) is 4.90 Å². The molecule has 1 N–H and O–H groups in total. The molecule has 1 aliphatic rings. The molecule has 0 spiro atoms. The number of nitrogens with one attached hydrogen (secondary N) is 1. The molecule has 1 heterocycles. The minimum absolute atomic E-state index is 0.169. The van der Waals surface area contributed by atoms with Crippen LogP contribution in [0.25, 0.3) is 6.08 Å². The minimum Gasteiger partial charge on any atom is -0.488 e. The lowest BCUT2D eigenvalue weighted by atomic mass is 10.1. The first kappa shape index (κ1) is 22.6.